The van der Waals surface area contributed by atoms with E-state index in [0.717, 1.165) is 67.6 Å². The molecular formula is C36H24N6. The molecule has 0 N–H and O–H groups in total. The number of rotatable bonds is 5. The molecule has 42 heavy (non-hydrogen) atoms. The van der Waals surface area contributed by atoms with Crippen molar-refractivity contribution in [3.63, 3.8) is 0 Å². The van der Waals surface area contributed by atoms with Gasteiger partial charge in [-0.25, -0.2) is 9.97 Å². The van der Waals surface area contributed by atoms with Crippen LogP contribution in [0.5, 0.6) is 0 Å². The Morgan fingerprint density at radius 3 is 1.24 bits per heavy atom. The predicted molar refractivity (Wildman–Crippen MR) is 168 cm³/mol. The van der Waals surface area contributed by atoms with Gasteiger partial charge in [0.2, 0.25) is 0 Å². The van der Waals surface area contributed by atoms with E-state index in [2.05, 4.69) is 57.7 Å². The summed E-state index contributed by atoms with van der Waals surface area (Å²) >= 11 is 0. The van der Waals surface area contributed by atoms with Crippen LogP contribution in [0.4, 0.5) is 0 Å². The van der Waals surface area contributed by atoms with Gasteiger partial charge in [-0.1, -0.05) is 60.7 Å². The molecule has 8 rings (SSSR count). The van der Waals surface area contributed by atoms with Crippen LogP contribution in [-0.4, -0.2) is 29.1 Å². The van der Waals surface area contributed by atoms with Gasteiger partial charge in [0.25, 0.3) is 0 Å². The van der Waals surface area contributed by atoms with Crippen molar-refractivity contribution in [3.05, 3.63) is 146 Å². The van der Waals surface area contributed by atoms with E-state index < -0.39 is 0 Å². The lowest BCUT2D eigenvalue weighted by molar-refractivity contribution is 1.09. The molecule has 0 aliphatic carbocycles. The Kier molecular flexibility index (Phi) is 5.67. The largest absolute Gasteiger partial charge is 0.292 e. The molecule has 4 aromatic heterocycles. The number of aromatic nitrogens is 6. The summed E-state index contributed by atoms with van der Waals surface area (Å²) in [5.74, 6) is 1.61. The summed E-state index contributed by atoms with van der Waals surface area (Å²) in [5, 5.41) is 0. The molecule has 8 aromatic rings. The number of benzene rings is 4. The minimum atomic E-state index is 0.743. The van der Waals surface area contributed by atoms with E-state index in [0.29, 0.717) is 0 Å². The summed E-state index contributed by atoms with van der Waals surface area (Å²) in [6.45, 7) is 0. The van der Waals surface area contributed by atoms with Gasteiger partial charge in [-0.15, -0.1) is 0 Å². The number of pyridine rings is 2. The van der Waals surface area contributed by atoms with E-state index in [1.165, 1.54) is 0 Å². The topological polar surface area (TPSA) is 61.4 Å². The molecule has 0 aliphatic heterocycles. The molecule has 4 heterocycles. The maximum atomic E-state index is 5.12. The molecule has 0 spiro atoms. The van der Waals surface area contributed by atoms with Crippen molar-refractivity contribution in [1.82, 2.24) is 29.1 Å². The molecule has 0 amide bonds. The maximum absolute atomic E-state index is 5.12. The van der Waals surface area contributed by atoms with Crippen molar-refractivity contribution < 1.29 is 0 Å². The molecule has 0 radical (unpaired) electrons. The third kappa shape index (κ3) is 3.89. The quantitative estimate of drug-likeness (QED) is 0.221. The molecule has 0 fully saturated rings. The van der Waals surface area contributed by atoms with Crippen LogP contribution in [0, 0.1) is 0 Å². The first-order valence-electron chi connectivity index (χ1n) is 13.8. The lowest BCUT2D eigenvalue weighted by Gasteiger charge is -2.15. The molecule has 0 atom stereocenters. The molecule has 198 valence electrons. The second kappa shape index (κ2) is 9.94. The fourth-order valence-corrected chi connectivity index (χ4v) is 5.64. The first-order chi connectivity index (χ1) is 20.9. The summed E-state index contributed by atoms with van der Waals surface area (Å²) in [6, 6.07) is 45.1. The lowest BCUT2D eigenvalue weighted by Crippen LogP contribution is -2.03. The van der Waals surface area contributed by atoms with Crippen LogP contribution < -0.4 is 0 Å². The Balaban J connectivity index is 1.40. The minimum absolute atomic E-state index is 0.743. The summed E-state index contributed by atoms with van der Waals surface area (Å²) < 4.78 is 4.38. The van der Waals surface area contributed by atoms with Gasteiger partial charge in [-0.05, 0) is 72.8 Å². The third-order valence-electron chi connectivity index (χ3n) is 7.47. The van der Waals surface area contributed by atoms with Gasteiger partial charge in [0.15, 0.2) is 0 Å². The Morgan fingerprint density at radius 2 is 0.786 bits per heavy atom. The van der Waals surface area contributed by atoms with Crippen LogP contribution in [0.15, 0.2) is 146 Å². The fraction of sp³-hybridized carbons (Fsp3) is 0. The predicted octanol–water partition coefficient (Wildman–Crippen LogP) is 8.16. The molecule has 0 saturated heterocycles. The third-order valence-corrected chi connectivity index (χ3v) is 7.47. The normalized spacial score (nSPS) is 11.3. The number of fused-ring (bicyclic) bond motifs is 2. The van der Waals surface area contributed by atoms with Gasteiger partial charge < -0.3 is 0 Å². The smallest absolute Gasteiger partial charge is 0.147 e. The van der Waals surface area contributed by atoms with Gasteiger partial charge in [-0.3, -0.25) is 19.1 Å². The highest BCUT2D eigenvalue weighted by Gasteiger charge is 2.23. The van der Waals surface area contributed by atoms with Crippen LogP contribution >= 0.6 is 0 Å². The minimum Gasteiger partial charge on any atom is -0.292 e. The van der Waals surface area contributed by atoms with Crippen LogP contribution in [0.25, 0.3) is 67.6 Å². The van der Waals surface area contributed by atoms with Crippen molar-refractivity contribution in [2.24, 2.45) is 0 Å². The highest BCUT2D eigenvalue weighted by molar-refractivity contribution is 5.91. The lowest BCUT2D eigenvalue weighted by atomic mass is 10.0. The van der Waals surface area contributed by atoms with Gasteiger partial charge in [0, 0.05) is 34.9 Å². The summed E-state index contributed by atoms with van der Waals surface area (Å²) in [7, 11) is 0. The molecule has 0 saturated carbocycles. The Morgan fingerprint density at radius 1 is 0.381 bits per heavy atom. The van der Waals surface area contributed by atoms with Gasteiger partial charge in [-0.2, -0.15) is 0 Å². The van der Waals surface area contributed by atoms with E-state index in [1.54, 1.807) is 0 Å². The summed E-state index contributed by atoms with van der Waals surface area (Å²) in [4.78, 5) is 20.1. The van der Waals surface area contributed by atoms with E-state index in [9.17, 15) is 0 Å². The second-order valence-corrected chi connectivity index (χ2v) is 9.99. The number of hydrogen-bond donors (Lipinski definition) is 0. The molecule has 6 nitrogen and oxygen atoms in total. The van der Waals surface area contributed by atoms with E-state index >= 15 is 0 Å². The van der Waals surface area contributed by atoms with Gasteiger partial charge in [0.1, 0.15) is 23.0 Å². The SMILES string of the molecule is c1ccc(-n2c(-c3cccnc3-c3ncccc3-c3nc4ccccc4n3-c3ccccc3)nc3ccccc32)cc1. The van der Waals surface area contributed by atoms with Crippen LogP contribution in [-0.2, 0) is 0 Å². The van der Waals surface area contributed by atoms with Crippen molar-refractivity contribution in [2.75, 3.05) is 0 Å². The first kappa shape index (κ1) is 24.0. The molecule has 0 bridgehead atoms. The van der Waals surface area contributed by atoms with Crippen molar-refractivity contribution >= 4 is 22.1 Å². The van der Waals surface area contributed by atoms with Crippen molar-refractivity contribution in [1.29, 1.82) is 0 Å². The number of nitrogens with zero attached hydrogens (tertiary/aromatic N) is 6. The van der Waals surface area contributed by atoms with E-state index in [4.69, 9.17) is 19.9 Å². The first-order valence-corrected chi connectivity index (χ1v) is 13.8. The number of hydrogen-bond acceptors (Lipinski definition) is 4. The Bertz CT molecular complexity index is 2040. The molecule has 0 aliphatic rings. The highest BCUT2D eigenvalue weighted by atomic mass is 15.1. The zero-order valence-corrected chi connectivity index (χ0v) is 22.5. The summed E-state index contributed by atoms with van der Waals surface area (Å²) in [5.41, 5.74) is 9.21. The van der Waals surface area contributed by atoms with Crippen LogP contribution in [0.2, 0.25) is 0 Å². The molecular weight excluding hydrogens is 516 g/mol. The zero-order chi connectivity index (χ0) is 27.9. The Labute approximate surface area is 242 Å². The van der Waals surface area contributed by atoms with E-state index in [1.807, 2.05) is 97.3 Å². The average Bonchev–Trinajstić information content (AvgIpc) is 3.65. The summed E-state index contributed by atoms with van der Waals surface area (Å²) in [6.07, 6.45) is 3.62. The van der Waals surface area contributed by atoms with Gasteiger partial charge >= 0.3 is 0 Å². The van der Waals surface area contributed by atoms with Crippen molar-refractivity contribution in [2.45, 2.75) is 0 Å². The second-order valence-electron chi connectivity index (χ2n) is 9.99. The van der Waals surface area contributed by atoms with Crippen molar-refractivity contribution in [3.8, 4) is 45.5 Å². The molecule has 6 heteroatoms. The van der Waals surface area contributed by atoms with E-state index in [-0.39, 0.29) is 0 Å². The van der Waals surface area contributed by atoms with Crippen LogP contribution in [0.1, 0.15) is 0 Å². The Hall–Kier alpha value is -5.88. The van der Waals surface area contributed by atoms with Gasteiger partial charge in [0.05, 0.1) is 22.1 Å². The fourth-order valence-electron chi connectivity index (χ4n) is 5.64. The highest BCUT2D eigenvalue weighted by Crippen LogP contribution is 2.38. The average molecular weight is 541 g/mol. The monoisotopic (exact) mass is 540 g/mol. The zero-order valence-electron chi connectivity index (χ0n) is 22.5. The number of imidazole rings is 2. The number of para-hydroxylation sites is 6. The maximum Gasteiger partial charge on any atom is 0.147 e. The van der Waals surface area contributed by atoms with Crippen LogP contribution in [0.3, 0.4) is 0 Å². The molecule has 4 aromatic carbocycles. The standard InChI is InChI=1S/C36H24N6/c1-3-13-25(14-4-1)41-31-21-9-7-19-29(31)39-35(41)27-17-11-23-37-33(27)34-28(18-12-24-38-34)36-40-30-20-8-10-22-32(30)42(36)26-15-5-2-6-16-26/h1-24H. The molecule has 0 unspecified atom stereocenters.